The Bertz CT molecular complexity index is 758. The number of nitrogen functional groups attached to an aromatic ring is 1. The molecule has 3 aromatic rings. The quantitative estimate of drug-likeness (QED) is 0.729. The number of benzene rings is 2. The Labute approximate surface area is 124 Å². The van der Waals surface area contributed by atoms with Crippen LogP contribution in [0.1, 0.15) is 16.9 Å². The number of rotatable bonds is 2. The van der Waals surface area contributed by atoms with Crippen LogP contribution in [0.15, 0.2) is 52.9 Å². The van der Waals surface area contributed by atoms with Crippen LogP contribution in [0.3, 0.4) is 0 Å². The normalized spacial score (nSPS) is 15.2. The predicted octanol–water partition coefficient (Wildman–Crippen LogP) is 3.57. The summed E-state index contributed by atoms with van der Waals surface area (Å²) in [5.74, 6) is 1.03. The Morgan fingerprint density at radius 2 is 2.00 bits per heavy atom. The molecule has 0 atom stereocenters. The first-order chi connectivity index (χ1) is 10.3. The lowest BCUT2D eigenvalue weighted by Gasteiger charge is -2.28. The minimum Gasteiger partial charge on any atom is -0.460 e. The highest BCUT2D eigenvalue weighted by Gasteiger charge is 2.19. The van der Waals surface area contributed by atoms with Gasteiger partial charge in [0.15, 0.2) is 0 Å². The lowest BCUT2D eigenvalue weighted by atomic mass is 9.98. The number of hydrogen-bond donors (Lipinski definition) is 1. The SMILES string of the molecule is Nc1cccc2c1CCN(Cc1cc3ccccc3o1)C2. The second kappa shape index (κ2) is 4.93. The molecule has 106 valence electrons. The van der Waals surface area contributed by atoms with Crippen molar-refractivity contribution in [1.82, 2.24) is 4.90 Å². The fourth-order valence-electron chi connectivity index (χ4n) is 3.17. The number of hydrogen-bond acceptors (Lipinski definition) is 3. The monoisotopic (exact) mass is 278 g/mol. The minimum atomic E-state index is 0.850. The second-order valence-corrected chi connectivity index (χ2v) is 5.70. The smallest absolute Gasteiger partial charge is 0.134 e. The van der Waals surface area contributed by atoms with E-state index in [9.17, 15) is 0 Å². The van der Waals surface area contributed by atoms with Crippen LogP contribution >= 0.6 is 0 Å². The topological polar surface area (TPSA) is 42.4 Å². The number of nitrogens with two attached hydrogens (primary N) is 1. The van der Waals surface area contributed by atoms with Crippen molar-refractivity contribution in [3.63, 3.8) is 0 Å². The zero-order valence-electron chi connectivity index (χ0n) is 11.9. The van der Waals surface area contributed by atoms with Crippen molar-refractivity contribution in [1.29, 1.82) is 0 Å². The van der Waals surface area contributed by atoms with Crippen molar-refractivity contribution < 1.29 is 4.42 Å². The molecule has 0 bridgehead atoms. The average Bonchev–Trinajstić information content (AvgIpc) is 2.89. The fraction of sp³-hybridized carbons (Fsp3) is 0.222. The number of para-hydroxylation sites is 1. The number of anilines is 1. The molecule has 2 N–H and O–H groups in total. The molecule has 0 amide bonds. The van der Waals surface area contributed by atoms with Gasteiger partial charge in [0.1, 0.15) is 11.3 Å². The molecule has 0 spiro atoms. The summed E-state index contributed by atoms with van der Waals surface area (Å²) in [6.07, 6.45) is 1.02. The summed E-state index contributed by atoms with van der Waals surface area (Å²) in [7, 11) is 0. The van der Waals surface area contributed by atoms with Gasteiger partial charge in [-0.25, -0.2) is 0 Å². The van der Waals surface area contributed by atoms with E-state index < -0.39 is 0 Å². The lowest BCUT2D eigenvalue weighted by molar-refractivity contribution is 0.228. The van der Waals surface area contributed by atoms with Crippen LogP contribution in [-0.4, -0.2) is 11.4 Å². The molecule has 4 rings (SSSR count). The maximum atomic E-state index is 6.05. The van der Waals surface area contributed by atoms with Crippen LogP contribution in [0, 0.1) is 0 Å². The minimum absolute atomic E-state index is 0.850. The molecule has 0 radical (unpaired) electrons. The molecule has 3 nitrogen and oxygen atoms in total. The zero-order valence-corrected chi connectivity index (χ0v) is 11.9. The van der Waals surface area contributed by atoms with Crippen LogP contribution in [0.2, 0.25) is 0 Å². The summed E-state index contributed by atoms with van der Waals surface area (Å²) in [4.78, 5) is 2.42. The first-order valence-electron chi connectivity index (χ1n) is 7.35. The van der Waals surface area contributed by atoms with Crippen LogP contribution in [-0.2, 0) is 19.5 Å². The van der Waals surface area contributed by atoms with Gasteiger partial charge in [-0.15, -0.1) is 0 Å². The highest BCUT2D eigenvalue weighted by Crippen LogP contribution is 2.26. The molecule has 1 aliphatic rings. The van der Waals surface area contributed by atoms with E-state index in [-0.39, 0.29) is 0 Å². The molecular formula is C18H18N2O. The standard InChI is InChI=1S/C18H18N2O/c19-17-6-3-5-14-11-20(9-8-16(14)17)12-15-10-13-4-1-2-7-18(13)21-15/h1-7,10H,8-9,11-12,19H2. The van der Waals surface area contributed by atoms with Crippen molar-refractivity contribution in [3.05, 3.63) is 65.4 Å². The Morgan fingerprint density at radius 1 is 1.10 bits per heavy atom. The summed E-state index contributed by atoms with van der Waals surface area (Å²) in [6.45, 7) is 2.82. The van der Waals surface area contributed by atoms with Crippen molar-refractivity contribution >= 4 is 16.7 Å². The summed E-state index contributed by atoms with van der Waals surface area (Å²) in [6, 6.07) is 16.5. The number of nitrogens with zero attached hydrogens (tertiary/aromatic N) is 1. The molecule has 0 aliphatic carbocycles. The van der Waals surface area contributed by atoms with Gasteiger partial charge in [0.05, 0.1) is 6.54 Å². The van der Waals surface area contributed by atoms with E-state index in [4.69, 9.17) is 10.2 Å². The summed E-state index contributed by atoms with van der Waals surface area (Å²) in [5, 5.41) is 1.18. The van der Waals surface area contributed by atoms with Gasteiger partial charge in [-0.2, -0.15) is 0 Å². The van der Waals surface area contributed by atoms with Gasteiger partial charge in [-0.1, -0.05) is 30.3 Å². The van der Waals surface area contributed by atoms with Crippen LogP contribution in [0.25, 0.3) is 11.0 Å². The molecule has 1 aliphatic heterocycles. The summed E-state index contributed by atoms with van der Waals surface area (Å²) in [5.41, 5.74) is 10.6. The van der Waals surface area contributed by atoms with Crippen molar-refractivity contribution in [3.8, 4) is 0 Å². The van der Waals surface area contributed by atoms with Gasteiger partial charge in [-0.3, -0.25) is 4.90 Å². The maximum absolute atomic E-state index is 6.05. The van der Waals surface area contributed by atoms with Gasteiger partial charge < -0.3 is 10.2 Å². The third-order valence-corrected chi connectivity index (χ3v) is 4.24. The van der Waals surface area contributed by atoms with Crippen molar-refractivity contribution in [2.24, 2.45) is 0 Å². The number of furan rings is 1. The van der Waals surface area contributed by atoms with Gasteiger partial charge in [0, 0.05) is 24.2 Å². The van der Waals surface area contributed by atoms with E-state index in [0.717, 1.165) is 43.1 Å². The van der Waals surface area contributed by atoms with Gasteiger partial charge >= 0.3 is 0 Å². The van der Waals surface area contributed by atoms with E-state index in [1.54, 1.807) is 0 Å². The predicted molar refractivity (Wildman–Crippen MR) is 84.9 cm³/mol. The molecule has 0 unspecified atom stereocenters. The Morgan fingerprint density at radius 3 is 2.90 bits per heavy atom. The average molecular weight is 278 g/mol. The van der Waals surface area contributed by atoms with Crippen molar-refractivity contribution in [2.45, 2.75) is 19.5 Å². The maximum Gasteiger partial charge on any atom is 0.134 e. The largest absolute Gasteiger partial charge is 0.460 e. The molecule has 0 fully saturated rings. The highest BCUT2D eigenvalue weighted by atomic mass is 16.3. The molecular weight excluding hydrogens is 260 g/mol. The molecule has 0 saturated carbocycles. The fourth-order valence-corrected chi connectivity index (χ4v) is 3.17. The van der Waals surface area contributed by atoms with E-state index in [1.165, 1.54) is 16.5 Å². The zero-order chi connectivity index (χ0) is 14.2. The second-order valence-electron chi connectivity index (χ2n) is 5.70. The molecule has 2 heterocycles. The van der Waals surface area contributed by atoms with E-state index in [0.29, 0.717) is 0 Å². The lowest BCUT2D eigenvalue weighted by Crippen LogP contribution is -2.30. The van der Waals surface area contributed by atoms with Crippen LogP contribution in [0.4, 0.5) is 5.69 Å². The first-order valence-corrected chi connectivity index (χ1v) is 7.35. The highest BCUT2D eigenvalue weighted by molar-refractivity contribution is 5.77. The van der Waals surface area contributed by atoms with Gasteiger partial charge in [-0.05, 0) is 35.7 Å². The van der Waals surface area contributed by atoms with Gasteiger partial charge in [0.2, 0.25) is 0 Å². The molecule has 3 heteroatoms. The van der Waals surface area contributed by atoms with E-state index in [2.05, 4.69) is 23.1 Å². The molecule has 0 saturated heterocycles. The molecule has 1 aromatic heterocycles. The summed E-state index contributed by atoms with van der Waals surface area (Å²) >= 11 is 0. The Hall–Kier alpha value is -2.26. The first kappa shape index (κ1) is 12.5. The molecule has 2 aromatic carbocycles. The van der Waals surface area contributed by atoms with Crippen molar-refractivity contribution in [2.75, 3.05) is 12.3 Å². The summed E-state index contributed by atoms with van der Waals surface area (Å²) < 4.78 is 5.92. The third-order valence-electron chi connectivity index (χ3n) is 4.24. The number of fused-ring (bicyclic) bond motifs is 2. The Balaban J connectivity index is 1.56. The molecule has 21 heavy (non-hydrogen) atoms. The van der Waals surface area contributed by atoms with Crippen LogP contribution < -0.4 is 5.73 Å². The van der Waals surface area contributed by atoms with Crippen LogP contribution in [0.5, 0.6) is 0 Å². The van der Waals surface area contributed by atoms with E-state index in [1.807, 2.05) is 30.3 Å². The van der Waals surface area contributed by atoms with Gasteiger partial charge in [0.25, 0.3) is 0 Å². The third kappa shape index (κ3) is 2.30. The van der Waals surface area contributed by atoms with E-state index >= 15 is 0 Å². The Kier molecular flexibility index (Phi) is 2.93.